The first kappa shape index (κ1) is 22.0. The zero-order valence-corrected chi connectivity index (χ0v) is 19.1. The Balaban J connectivity index is 1.60. The second-order valence-electron chi connectivity index (χ2n) is 8.39. The quantitative estimate of drug-likeness (QED) is 0.499. The summed E-state index contributed by atoms with van der Waals surface area (Å²) in [5, 5.41) is 7.34. The average molecular weight is 438 g/mol. The number of ether oxygens (including phenoxy) is 3. The molecule has 170 valence electrons. The van der Waals surface area contributed by atoms with Crippen molar-refractivity contribution < 1.29 is 19.0 Å². The van der Waals surface area contributed by atoms with E-state index in [0.717, 1.165) is 41.7 Å². The summed E-state index contributed by atoms with van der Waals surface area (Å²) >= 11 is 0. The van der Waals surface area contributed by atoms with Gasteiger partial charge < -0.3 is 29.8 Å². The van der Waals surface area contributed by atoms with Gasteiger partial charge in [-0.25, -0.2) is 0 Å². The van der Waals surface area contributed by atoms with E-state index >= 15 is 0 Å². The number of amides is 1. The van der Waals surface area contributed by atoms with Gasteiger partial charge in [-0.05, 0) is 60.8 Å². The highest BCUT2D eigenvalue weighted by Gasteiger charge is 2.19. The Morgan fingerprint density at radius 1 is 1.12 bits per heavy atom. The van der Waals surface area contributed by atoms with Gasteiger partial charge in [0.05, 0.1) is 19.9 Å². The van der Waals surface area contributed by atoms with Gasteiger partial charge in [0.1, 0.15) is 5.75 Å². The molecule has 1 aromatic heterocycles. The molecule has 2 aromatic carbocycles. The summed E-state index contributed by atoms with van der Waals surface area (Å²) in [5.41, 5.74) is 4.28. The number of rotatable bonds is 8. The third-order valence-electron chi connectivity index (χ3n) is 5.86. The van der Waals surface area contributed by atoms with E-state index in [4.69, 9.17) is 14.2 Å². The van der Waals surface area contributed by atoms with Crippen molar-refractivity contribution in [3.63, 3.8) is 0 Å². The zero-order valence-electron chi connectivity index (χ0n) is 19.1. The van der Waals surface area contributed by atoms with Gasteiger partial charge in [-0.2, -0.15) is 0 Å². The first-order chi connectivity index (χ1) is 15.5. The van der Waals surface area contributed by atoms with Crippen molar-refractivity contribution in [1.82, 2.24) is 15.6 Å². The molecule has 1 fully saturated rings. The lowest BCUT2D eigenvalue weighted by Gasteiger charge is -2.13. The molecule has 1 aliphatic rings. The molecule has 0 radical (unpaired) electrons. The van der Waals surface area contributed by atoms with E-state index in [9.17, 15) is 4.79 Å². The molecule has 7 heteroatoms. The SMILES string of the molecule is COc1ccc(-c2[nH]c3ccc(OCC(=O)NC4CCNC4)cc3c2C(C)C)cc1OC. The molecule has 3 N–H and O–H groups in total. The van der Waals surface area contributed by atoms with Crippen LogP contribution in [-0.2, 0) is 4.79 Å². The van der Waals surface area contributed by atoms with Crippen LogP contribution in [-0.4, -0.2) is 50.8 Å². The molecule has 3 aromatic rings. The molecule has 0 aliphatic carbocycles. The zero-order chi connectivity index (χ0) is 22.7. The van der Waals surface area contributed by atoms with E-state index in [2.05, 4.69) is 29.5 Å². The minimum absolute atomic E-state index is 0.00593. The molecule has 4 rings (SSSR count). The normalized spacial score (nSPS) is 15.8. The maximum atomic E-state index is 12.2. The van der Waals surface area contributed by atoms with E-state index < -0.39 is 0 Å². The number of aromatic amines is 1. The fraction of sp³-hybridized carbons (Fsp3) is 0.400. The lowest BCUT2D eigenvalue weighted by atomic mass is 9.96. The molecule has 1 atom stereocenters. The highest BCUT2D eigenvalue weighted by molar-refractivity contribution is 5.92. The third kappa shape index (κ3) is 4.53. The molecule has 1 aliphatic heterocycles. The summed E-state index contributed by atoms with van der Waals surface area (Å²) in [6.45, 7) is 6.10. The standard InChI is InChI=1S/C25H31N3O4/c1-15(2)24-19-12-18(32-14-23(29)27-17-9-10-26-13-17)6-7-20(19)28-25(24)16-5-8-21(30-3)22(11-16)31-4/h5-8,11-12,15,17,26,28H,9-10,13-14H2,1-4H3,(H,27,29). The number of nitrogens with one attached hydrogen (secondary N) is 3. The number of H-pyrrole nitrogens is 1. The van der Waals surface area contributed by atoms with Crippen molar-refractivity contribution in [2.45, 2.75) is 32.2 Å². The van der Waals surface area contributed by atoms with Crippen LogP contribution in [0.3, 0.4) is 0 Å². The summed E-state index contributed by atoms with van der Waals surface area (Å²) in [6.07, 6.45) is 0.956. The maximum Gasteiger partial charge on any atom is 0.258 e. The van der Waals surface area contributed by atoms with Crippen LogP contribution in [0, 0.1) is 0 Å². The number of hydrogen-bond acceptors (Lipinski definition) is 5. The van der Waals surface area contributed by atoms with E-state index in [-0.39, 0.29) is 24.5 Å². The Bertz CT molecular complexity index is 1100. The molecule has 7 nitrogen and oxygen atoms in total. The van der Waals surface area contributed by atoms with Crippen LogP contribution < -0.4 is 24.8 Å². The third-order valence-corrected chi connectivity index (χ3v) is 5.86. The number of methoxy groups -OCH3 is 2. The number of carbonyl (C=O) groups is 1. The van der Waals surface area contributed by atoms with Crippen LogP contribution in [0.4, 0.5) is 0 Å². The summed E-state index contributed by atoms with van der Waals surface area (Å²) in [6, 6.07) is 12.0. The molecule has 32 heavy (non-hydrogen) atoms. The van der Waals surface area contributed by atoms with Crippen LogP contribution in [0.2, 0.25) is 0 Å². The minimum atomic E-state index is -0.0945. The monoisotopic (exact) mass is 437 g/mol. The second kappa shape index (κ2) is 9.53. The van der Waals surface area contributed by atoms with Crippen LogP contribution in [0.15, 0.2) is 36.4 Å². The molecule has 2 heterocycles. The van der Waals surface area contributed by atoms with Gasteiger partial charge >= 0.3 is 0 Å². The lowest BCUT2D eigenvalue weighted by molar-refractivity contribution is -0.123. The highest BCUT2D eigenvalue weighted by Crippen LogP contribution is 2.39. The largest absolute Gasteiger partial charge is 0.493 e. The number of benzene rings is 2. The Morgan fingerprint density at radius 2 is 1.94 bits per heavy atom. The molecule has 1 amide bonds. The Labute approximate surface area is 188 Å². The Kier molecular flexibility index (Phi) is 6.55. The van der Waals surface area contributed by atoms with Crippen molar-refractivity contribution in [1.29, 1.82) is 0 Å². The summed E-state index contributed by atoms with van der Waals surface area (Å²) in [4.78, 5) is 15.8. The minimum Gasteiger partial charge on any atom is -0.493 e. The summed E-state index contributed by atoms with van der Waals surface area (Å²) < 4.78 is 16.7. The molecular weight excluding hydrogens is 406 g/mol. The molecule has 1 unspecified atom stereocenters. The van der Waals surface area contributed by atoms with Crippen molar-refractivity contribution in [3.8, 4) is 28.5 Å². The van der Waals surface area contributed by atoms with Gasteiger partial charge in [-0.3, -0.25) is 4.79 Å². The molecule has 0 saturated carbocycles. The van der Waals surface area contributed by atoms with E-state index in [0.29, 0.717) is 17.2 Å². The van der Waals surface area contributed by atoms with E-state index in [1.807, 2.05) is 36.4 Å². The van der Waals surface area contributed by atoms with Crippen LogP contribution >= 0.6 is 0 Å². The van der Waals surface area contributed by atoms with Crippen LogP contribution in [0.1, 0.15) is 31.7 Å². The summed E-state index contributed by atoms with van der Waals surface area (Å²) in [7, 11) is 3.27. The first-order valence-electron chi connectivity index (χ1n) is 11.0. The van der Waals surface area contributed by atoms with Gasteiger partial charge in [-0.15, -0.1) is 0 Å². The number of aromatic nitrogens is 1. The van der Waals surface area contributed by atoms with Gasteiger partial charge in [-0.1, -0.05) is 13.8 Å². The van der Waals surface area contributed by atoms with Crippen LogP contribution in [0.25, 0.3) is 22.2 Å². The lowest BCUT2D eigenvalue weighted by Crippen LogP contribution is -2.39. The smallest absolute Gasteiger partial charge is 0.258 e. The molecule has 0 spiro atoms. The number of carbonyl (C=O) groups excluding carboxylic acids is 1. The predicted octanol–water partition coefficient (Wildman–Crippen LogP) is 3.83. The average Bonchev–Trinajstić information content (AvgIpc) is 3.44. The Morgan fingerprint density at radius 3 is 2.62 bits per heavy atom. The molecule has 0 bridgehead atoms. The number of hydrogen-bond donors (Lipinski definition) is 3. The predicted molar refractivity (Wildman–Crippen MR) is 126 cm³/mol. The van der Waals surface area contributed by atoms with Crippen molar-refractivity contribution in [2.24, 2.45) is 0 Å². The fourth-order valence-electron chi connectivity index (χ4n) is 4.30. The number of fused-ring (bicyclic) bond motifs is 1. The first-order valence-corrected chi connectivity index (χ1v) is 11.0. The molecular formula is C25H31N3O4. The van der Waals surface area contributed by atoms with E-state index in [1.165, 1.54) is 5.56 Å². The van der Waals surface area contributed by atoms with E-state index in [1.54, 1.807) is 14.2 Å². The maximum absolute atomic E-state index is 12.2. The second-order valence-corrected chi connectivity index (χ2v) is 8.39. The van der Waals surface area contributed by atoms with Crippen molar-refractivity contribution in [2.75, 3.05) is 33.9 Å². The summed E-state index contributed by atoms with van der Waals surface area (Å²) in [5.74, 6) is 2.24. The Hall–Kier alpha value is -3.19. The van der Waals surface area contributed by atoms with Crippen LogP contribution in [0.5, 0.6) is 17.2 Å². The van der Waals surface area contributed by atoms with Gasteiger partial charge in [0, 0.05) is 29.1 Å². The topological polar surface area (TPSA) is 84.6 Å². The van der Waals surface area contributed by atoms with Gasteiger partial charge in [0.15, 0.2) is 18.1 Å². The van der Waals surface area contributed by atoms with Crippen molar-refractivity contribution >= 4 is 16.8 Å². The molecule has 1 saturated heterocycles. The highest BCUT2D eigenvalue weighted by atomic mass is 16.5. The fourth-order valence-corrected chi connectivity index (χ4v) is 4.30. The van der Waals surface area contributed by atoms with Gasteiger partial charge in [0.25, 0.3) is 5.91 Å². The van der Waals surface area contributed by atoms with Gasteiger partial charge in [0.2, 0.25) is 0 Å². The van der Waals surface area contributed by atoms with Crippen molar-refractivity contribution in [3.05, 3.63) is 42.0 Å².